The van der Waals surface area contributed by atoms with Crippen LogP contribution in [0.15, 0.2) is 8.68 Å². The Morgan fingerprint density at radius 2 is 1.80 bits per heavy atom. The summed E-state index contributed by atoms with van der Waals surface area (Å²) < 4.78 is 33.8. The maximum atomic E-state index is 11.8. The Kier molecular flexibility index (Phi) is 3.32. The molecule has 0 aromatic carbocycles. The third-order valence-corrected chi connectivity index (χ3v) is 6.02. The smallest absolute Gasteiger partial charge is 0.233 e. The van der Waals surface area contributed by atoms with Gasteiger partial charge < -0.3 is 0 Å². The highest BCUT2D eigenvalue weighted by Gasteiger charge is 2.26. The van der Waals surface area contributed by atoms with Crippen molar-refractivity contribution < 1.29 is 12.6 Å². The van der Waals surface area contributed by atoms with E-state index in [0.717, 1.165) is 17.6 Å². The highest BCUT2D eigenvalue weighted by Crippen LogP contribution is 2.24. The van der Waals surface area contributed by atoms with E-state index in [0.29, 0.717) is 0 Å². The van der Waals surface area contributed by atoms with E-state index in [-0.39, 0.29) is 8.68 Å². The van der Waals surface area contributed by atoms with E-state index in [4.69, 9.17) is 0 Å². The molecule has 0 aliphatic carbocycles. The van der Waals surface area contributed by atoms with E-state index in [9.17, 15) is 12.6 Å². The van der Waals surface area contributed by atoms with Crippen molar-refractivity contribution in [3.8, 4) is 0 Å². The number of aromatic nitrogens is 2. The largest absolute Gasteiger partial charge is 0.251 e. The quantitative estimate of drug-likeness (QED) is 0.794. The molecular formula is C7H12N2O3S3. The van der Waals surface area contributed by atoms with Gasteiger partial charge in [0.15, 0.2) is 0 Å². The van der Waals surface area contributed by atoms with Crippen LogP contribution in [0.2, 0.25) is 0 Å². The Labute approximate surface area is 95.3 Å². The van der Waals surface area contributed by atoms with Gasteiger partial charge in [-0.1, -0.05) is 11.3 Å². The summed E-state index contributed by atoms with van der Waals surface area (Å²) in [5.41, 5.74) is 0. The molecule has 0 amide bonds. The van der Waals surface area contributed by atoms with E-state index >= 15 is 0 Å². The Hall–Kier alpha value is -0.340. The lowest BCUT2D eigenvalue weighted by atomic mass is 10.3. The standard InChI is InChI=1S/C7H12N2O3S3/c1-7(2,3)14(10)5-8-9-6(13-5)15(4,11)12/h1-4H3. The Morgan fingerprint density at radius 1 is 1.27 bits per heavy atom. The predicted molar refractivity (Wildman–Crippen MR) is 59.2 cm³/mol. The molecular weight excluding hydrogens is 256 g/mol. The zero-order valence-electron chi connectivity index (χ0n) is 8.84. The van der Waals surface area contributed by atoms with Crippen LogP contribution in [0.3, 0.4) is 0 Å². The third kappa shape index (κ3) is 3.05. The highest BCUT2D eigenvalue weighted by atomic mass is 32.2. The van der Waals surface area contributed by atoms with Crippen LogP contribution >= 0.6 is 11.3 Å². The van der Waals surface area contributed by atoms with Gasteiger partial charge in [0.05, 0.1) is 10.8 Å². The van der Waals surface area contributed by atoms with Gasteiger partial charge in [0.25, 0.3) is 0 Å². The summed E-state index contributed by atoms with van der Waals surface area (Å²) >= 11 is 0.864. The molecule has 1 atom stereocenters. The topological polar surface area (TPSA) is 77.0 Å². The van der Waals surface area contributed by atoms with Crippen molar-refractivity contribution in [2.45, 2.75) is 34.2 Å². The van der Waals surface area contributed by atoms with Crippen LogP contribution in [0.1, 0.15) is 20.8 Å². The van der Waals surface area contributed by atoms with E-state index in [1.165, 1.54) is 0 Å². The van der Waals surface area contributed by atoms with E-state index in [1.807, 2.05) is 0 Å². The summed E-state index contributed by atoms with van der Waals surface area (Å²) in [7, 11) is -4.68. The molecule has 1 rings (SSSR count). The average molecular weight is 268 g/mol. The van der Waals surface area contributed by atoms with Gasteiger partial charge in [-0.05, 0) is 20.8 Å². The second-order valence-corrected chi connectivity index (χ2v) is 9.56. The minimum Gasteiger partial charge on any atom is -0.251 e. The molecule has 1 aromatic rings. The number of sulfone groups is 1. The molecule has 1 aromatic heterocycles. The van der Waals surface area contributed by atoms with Gasteiger partial charge in [0.1, 0.15) is 0 Å². The fourth-order valence-corrected chi connectivity index (χ4v) is 4.11. The van der Waals surface area contributed by atoms with Crippen molar-refractivity contribution in [2.24, 2.45) is 0 Å². The van der Waals surface area contributed by atoms with Crippen molar-refractivity contribution >= 4 is 32.0 Å². The second kappa shape index (κ2) is 3.91. The van der Waals surface area contributed by atoms with Crippen LogP contribution in [-0.2, 0) is 20.6 Å². The molecule has 5 nitrogen and oxygen atoms in total. The lowest BCUT2D eigenvalue weighted by molar-refractivity contribution is 0.599. The summed E-state index contributed by atoms with van der Waals surface area (Å²) in [5, 5.41) is 7.15. The summed E-state index contributed by atoms with van der Waals surface area (Å²) in [6.07, 6.45) is 1.05. The van der Waals surface area contributed by atoms with Crippen LogP contribution in [0.5, 0.6) is 0 Å². The molecule has 0 fully saturated rings. The first-order valence-electron chi connectivity index (χ1n) is 4.08. The van der Waals surface area contributed by atoms with Gasteiger partial charge in [0.2, 0.25) is 18.5 Å². The molecule has 0 N–H and O–H groups in total. The van der Waals surface area contributed by atoms with Crippen LogP contribution in [-0.4, -0.2) is 33.8 Å². The first-order chi connectivity index (χ1) is 6.62. The monoisotopic (exact) mass is 268 g/mol. The fourth-order valence-electron chi connectivity index (χ4n) is 0.684. The molecule has 0 radical (unpaired) electrons. The number of hydrogen-bond acceptors (Lipinski definition) is 6. The number of rotatable bonds is 2. The Bertz CT molecular complexity index is 484. The van der Waals surface area contributed by atoms with Crippen LogP contribution in [0.4, 0.5) is 0 Å². The number of nitrogens with zero attached hydrogens (tertiary/aromatic N) is 2. The molecule has 8 heteroatoms. The van der Waals surface area contributed by atoms with Crippen molar-refractivity contribution in [3.05, 3.63) is 0 Å². The highest BCUT2D eigenvalue weighted by molar-refractivity contribution is 7.93. The molecule has 0 bridgehead atoms. The van der Waals surface area contributed by atoms with E-state index in [1.54, 1.807) is 20.8 Å². The normalized spacial score (nSPS) is 15.2. The minimum absolute atomic E-state index is 0.0879. The number of hydrogen-bond donors (Lipinski definition) is 0. The van der Waals surface area contributed by atoms with E-state index in [2.05, 4.69) is 10.2 Å². The van der Waals surface area contributed by atoms with Crippen molar-refractivity contribution in [1.82, 2.24) is 10.2 Å². The molecule has 0 aliphatic rings. The summed E-state index contributed by atoms with van der Waals surface area (Å²) in [5.74, 6) is 0. The van der Waals surface area contributed by atoms with Gasteiger partial charge in [-0.2, -0.15) is 0 Å². The summed E-state index contributed by atoms with van der Waals surface area (Å²) in [4.78, 5) is 0. The SMILES string of the molecule is CC(C)(C)S(=O)c1nnc(S(C)(=O)=O)s1. The van der Waals surface area contributed by atoms with Gasteiger partial charge >= 0.3 is 0 Å². The lowest BCUT2D eigenvalue weighted by Gasteiger charge is -2.14. The maximum Gasteiger partial charge on any atom is 0.233 e. The predicted octanol–water partition coefficient (Wildman–Crippen LogP) is 0.848. The van der Waals surface area contributed by atoms with Crippen molar-refractivity contribution in [3.63, 3.8) is 0 Å². The average Bonchev–Trinajstić information content (AvgIpc) is 2.47. The molecule has 1 unspecified atom stereocenters. The maximum absolute atomic E-state index is 11.8. The Balaban J connectivity index is 3.12. The molecule has 15 heavy (non-hydrogen) atoms. The first kappa shape index (κ1) is 12.7. The van der Waals surface area contributed by atoms with Crippen molar-refractivity contribution in [2.75, 3.05) is 6.26 Å². The van der Waals surface area contributed by atoms with Gasteiger partial charge in [-0.3, -0.25) is 4.21 Å². The van der Waals surface area contributed by atoms with Crippen LogP contribution in [0, 0.1) is 0 Å². The zero-order valence-corrected chi connectivity index (χ0v) is 11.3. The van der Waals surface area contributed by atoms with Crippen LogP contribution in [0.25, 0.3) is 0 Å². The van der Waals surface area contributed by atoms with Gasteiger partial charge in [-0.15, -0.1) is 10.2 Å². The fraction of sp³-hybridized carbons (Fsp3) is 0.714. The van der Waals surface area contributed by atoms with E-state index < -0.39 is 25.4 Å². The zero-order chi connectivity index (χ0) is 11.9. The second-order valence-electron chi connectivity index (χ2n) is 3.99. The molecule has 86 valence electrons. The Morgan fingerprint density at radius 3 is 2.13 bits per heavy atom. The lowest BCUT2D eigenvalue weighted by Crippen LogP contribution is -2.21. The minimum atomic E-state index is -3.35. The van der Waals surface area contributed by atoms with Gasteiger partial charge in [0, 0.05) is 11.0 Å². The third-order valence-electron chi connectivity index (χ3n) is 1.42. The first-order valence-corrected chi connectivity index (χ1v) is 7.93. The van der Waals surface area contributed by atoms with Crippen LogP contribution < -0.4 is 0 Å². The van der Waals surface area contributed by atoms with Crippen molar-refractivity contribution in [1.29, 1.82) is 0 Å². The molecule has 0 saturated carbocycles. The summed E-state index contributed by atoms with van der Waals surface area (Å²) in [6, 6.07) is 0. The molecule has 0 saturated heterocycles. The summed E-state index contributed by atoms with van der Waals surface area (Å²) in [6.45, 7) is 5.39. The molecule has 0 aliphatic heterocycles. The van der Waals surface area contributed by atoms with Gasteiger partial charge in [-0.25, -0.2) is 8.42 Å². The molecule has 0 spiro atoms. The molecule has 1 heterocycles.